The summed E-state index contributed by atoms with van der Waals surface area (Å²) >= 11 is 0. The molecule has 1 saturated heterocycles. The van der Waals surface area contributed by atoms with E-state index in [4.69, 9.17) is 10.5 Å². The number of benzene rings is 1. The molecule has 1 aromatic rings. The van der Waals surface area contributed by atoms with E-state index in [9.17, 15) is 4.79 Å². The second-order valence-electron chi connectivity index (χ2n) is 4.65. The van der Waals surface area contributed by atoms with E-state index in [1.165, 1.54) is 0 Å². The Morgan fingerprint density at radius 1 is 1.37 bits per heavy atom. The summed E-state index contributed by atoms with van der Waals surface area (Å²) in [5.74, 6) is -0.137. The summed E-state index contributed by atoms with van der Waals surface area (Å²) in [6, 6.07) is 7.39. The zero-order valence-electron chi connectivity index (χ0n) is 11.3. The minimum absolute atomic E-state index is 0.137. The molecule has 1 aliphatic rings. The van der Waals surface area contributed by atoms with Crippen LogP contribution in [0.5, 0.6) is 0 Å². The predicted molar refractivity (Wildman–Crippen MR) is 76.4 cm³/mol. The lowest BCUT2D eigenvalue weighted by atomic mass is 10.2. The van der Waals surface area contributed by atoms with Gasteiger partial charge in [0.05, 0.1) is 19.3 Å². The van der Waals surface area contributed by atoms with Gasteiger partial charge in [-0.3, -0.25) is 4.79 Å². The highest BCUT2D eigenvalue weighted by molar-refractivity contribution is 5.94. The summed E-state index contributed by atoms with van der Waals surface area (Å²) in [4.78, 5) is 13.9. The first-order chi connectivity index (χ1) is 9.20. The summed E-state index contributed by atoms with van der Waals surface area (Å²) in [6.45, 7) is 5.25. The van der Waals surface area contributed by atoms with Crippen LogP contribution in [0.2, 0.25) is 0 Å². The topological polar surface area (TPSA) is 67.6 Å². The average molecular weight is 263 g/mol. The van der Waals surface area contributed by atoms with Crippen LogP contribution in [0.15, 0.2) is 24.3 Å². The zero-order valence-corrected chi connectivity index (χ0v) is 11.3. The number of nitrogens with one attached hydrogen (secondary N) is 1. The minimum Gasteiger partial charge on any atom is -0.378 e. The van der Waals surface area contributed by atoms with Gasteiger partial charge >= 0.3 is 0 Å². The first kappa shape index (κ1) is 13.8. The Labute approximate surface area is 113 Å². The SMILES string of the molecule is CC[C@H](N)C(=O)Nc1ccc(N2CCOCC2)cc1. The maximum Gasteiger partial charge on any atom is 0.241 e. The molecule has 0 radical (unpaired) electrons. The fourth-order valence-corrected chi connectivity index (χ4v) is 2.00. The molecule has 104 valence electrons. The Balaban J connectivity index is 1.96. The van der Waals surface area contributed by atoms with Crippen LogP contribution in [-0.2, 0) is 9.53 Å². The van der Waals surface area contributed by atoms with E-state index in [-0.39, 0.29) is 5.91 Å². The molecule has 1 aliphatic heterocycles. The number of carbonyl (C=O) groups excluding carboxylic acids is 1. The molecule has 0 spiro atoms. The number of morpholine rings is 1. The monoisotopic (exact) mass is 263 g/mol. The number of nitrogens with two attached hydrogens (primary N) is 1. The van der Waals surface area contributed by atoms with Gasteiger partial charge in [-0.25, -0.2) is 0 Å². The van der Waals surface area contributed by atoms with Crippen LogP contribution in [0.1, 0.15) is 13.3 Å². The lowest BCUT2D eigenvalue weighted by Crippen LogP contribution is -2.36. The van der Waals surface area contributed by atoms with Crippen LogP contribution >= 0.6 is 0 Å². The molecule has 0 unspecified atom stereocenters. The van der Waals surface area contributed by atoms with Gasteiger partial charge in [0.2, 0.25) is 5.91 Å². The number of hydrogen-bond donors (Lipinski definition) is 2. The average Bonchev–Trinajstić information content (AvgIpc) is 2.48. The molecule has 5 nitrogen and oxygen atoms in total. The predicted octanol–water partition coefficient (Wildman–Crippen LogP) is 1.20. The highest BCUT2D eigenvalue weighted by Gasteiger charge is 2.13. The maximum absolute atomic E-state index is 11.7. The van der Waals surface area contributed by atoms with Gasteiger partial charge in [0, 0.05) is 24.5 Å². The molecule has 3 N–H and O–H groups in total. The molecule has 0 saturated carbocycles. The van der Waals surface area contributed by atoms with Gasteiger partial charge < -0.3 is 20.7 Å². The maximum atomic E-state index is 11.7. The molecule has 2 rings (SSSR count). The van der Waals surface area contributed by atoms with Gasteiger partial charge in [-0.2, -0.15) is 0 Å². The molecule has 5 heteroatoms. The van der Waals surface area contributed by atoms with Crippen LogP contribution in [-0.4, -0.2) is 38.3 Å². The molecule has 0 aliphatic carbocycles. The smallest absolute Gasteiger partial charge is 0.241 e. The molecule has 0 bridgehead atoms. The molecule has 1 heterocycles. The summed E-state index contributed by atoms with van der Waals surface area (Å²) in [5.41, 5.74) is 7.61. The van der Waals surface area contributed by atoms with Gasteiger partial charge in [-0.1, -0.05) is 6.92 Å². The lowest BCUT2D eigenvalue weighted by Gasteiger charge is -2.28. The molecule has 0 aromatic heterocycles. The Hall–Kier alpha value is -1.59. The van der Waals surface area contributed by atoms with Crippen LogP contribution in [0, 0.1) is 0 Å². The number of carbonyl (C=O) groups is 1. The largest absolute Gasteiger partial charge is 0.378 e. The Morgan fingerprint density at radius 3 is 2.58 bits per heavy atom. The molecule has 1 fully saturated rings. The number of amides is 1. The van der Waals surface area contributed by atoms with Crippen molar-refractivity contribution in [1.82, 2.24) is 0 Å². The van der Waals surface area contributed by atoms with E-state index in [1.54, 1.807) is 0 Å². The van der Waals surface area contributed by atoms with Crippen molar-refractivity contribution in [3.63, 3.8) is 0 Å². The molecular weight excluding hydrogens is 242 g/mol. The van der Waals surface area contributed by atoms with Crippen molar-refractivity contribution in [1.29, 1.82) is 0 Å². The van der Waals surface area contributed by atoms with Crippen LogP contribution in [0.3, 0.4) is 0 Å². The van der Waals surface area contributed by atoms with Crippen molar-refractivity contribution in [3.8, 4) is 0 Å². The van der Waals surface area contributed by atoms with Crippen LogP contribution in [0.25, 0.3) is 0 Å². The highest BCUT2D eigenvalue weighted by atomic mass is 16.5. The highest BCUT2D eigenvalue weighted by Crippen LogP contribution is 2.19. The lowest BCUT2D eigenvalue weighted by molar-refractivity contribution is -0.117. The van der Waals surface area contributed by atoms with Gasteiger partial charge in [0.15, 0.2) is 0 Å². The van der Waals surface area contributed by atoms with Crippen molar-refractivity contribution in [2.45, 2.75) is 19.4 Å². The van der Waals surface area contributed by atoms with E-state index >= 15 is 0 Å². The van der Waals surface area contributed by atoms with Gasteiger partial charge in [-0.15, -0.1) is 0 Å². The number of nitrogens with zero attached hydrogens (tertiary/aromatic N) is 1. The third-order valence-electron chi connectivity index (χ3n) is 3.29. The third kappa shape index (κ3) is 3.68. The van der Waals surface area contributed by atoms with Crippen molar-refractivity contribution >= 4 is 17.3 Å². The summed E-state index contributed by atoms with van der Waals surface area (Å²) in [7, 11) is 0. The van der Waals surface area contributed by atoms with E-state index in [1.807, 2.05) is 31.2 Å². The van der Waals surface area contributed by atoms with Crippen molar-refractivity contribution in [2.24, 2.45) is 5.73 Å². The first-order valence-electron chi connectivity index (χ1n) is 6.70. The normalized spacial score (nSPS) is 17.1. The second kappa shape index (κ2) is 6.54. The van der Waals surface area contributed by atoms with Gasteiger partial charge in [-0.05, 0) is 30.7 Å². The number of anilines is 2. The quantitative estimate of drug-likeness (QED) is 0.856. The number of ether oxygens (including phenoxy) is 1. The fourth-order valence-electron chi connectivity index (χ4n) is 2.00. The van der Waals surface area contributed by atoms with Gasteiger partial charge in [0.1, 0.15) is 0 Å². The minimum atomic E-state index is -0.445. The second-order valence-corrected chi connectivity index (χ2v) is 4.65. The zero-order chi connectivity index (χ0) is 13.7. The third-order valence-corrected chi connectivity index (χ3v) is 3.29. The molecule has 19 heavy (non-hydrogen) atoms. The number of hydrogen-bond acceptors (Lipinski definition) is 4. The Morgan fingerprint density at radius 2 is 2.00 bits per heavy atom. The van der Waals surface area contributed by atoms with Crippen molar-refractivity contribution < 1.29 is 9.53 Å². The van der Waals surface area contributed by atoms with Crippen molar-refractivity contribution in [2.75, 3.05) is 36.5 Å². The molecule has 1 aromatic carbocycles. The summed E-state index contributed by atoms with van der Waals surface area (Å²) < 4.78 is 5.32. The Bertz CT molecular complexity index is 413. The number of rotatable bonds is 4. The molecule has 1 amide bonds. The summed E-state index contributed by atoms with van der Waals surface area (Å²) in [6.07, 6.45) is 0.637. The van der Waals surface area contributed by atoms with E-state index in [2.05, 4.69) is 10.2 Å². The summed E-state index contributed by atoms with van der Waals surface area (Å²) in [5, 5.41) is 2.82. The van der Waals surface area contributed by atoms with E-state index in [0.29, 0.717) is 6.42 Å². The van der Waals surface area contributed by atoms with Gasteiger partial charge in [0.25, 0.3) is 0 Å². The van der Waals surface area contributed by atoms with E-state index in [0.717, 1.165) is 37.7 Å². The molecular formula is C14H21N3O2. The van der Waals surface area contributed by atoms with E-state index < -0.39 is 6.04 Å². The van der Waals surface area contributed by atoms with Crippen LogP contribution < -0.4 is 16.0 Å². The first-order valence-corrected chi connectivity index (χ1v) is 6.70. The van der Waals surface area contributed by atoms with Crippen LogP contribution in [0.4, 0.5) is 11.4 Å². The van der Waals surface area contributed by atoms with Crippen molar-refractivity contribution in [3.05, 3.63) is 24.3 Å². The standard InChI is InChI=1S/C14H21N3O2/c1-2-13(15)14(18)16-11-3-5-12(6-4-11)17-7-9-19-10-8-17/h3-6,13H,2,7-10,15H2,1H3,(H,16,18)/t13-/m0/s1. The fraction of sp³-hybridized carbons (Fsp3) is 0.500. The molecule has 1 atom stereocenters. The Kier molecular flexibility index (Phi) is 4.76.